The first kappa shape index (κ1) is 24.7. The number of nitrogens with two attached hydrogens (primary N) is 2. The summed E-state index contributed by atoms with van der Waals surface area (Å²) >= 11 is 0. The van der Waals surface area contributed by atoms with Gasteiger partial charge in [-0.1, -0.05) is 0 Å². The summed E-state index contributed by atoms with van der Waals surface area (Å²) in [5, 5.41) is 32.3. The molecule has 0 radical (unpaired) electrons. The Labute approximate surface area is 158 Å². The minimum absolute atomic E-state index is 0.159. The van der Waals surface area contributed by atoms with Crippen molar-refractivity contribution < 1.29 is 44.1 Å². The van der Waals surface area contributed by atoms with Crippen molar-refractivity contribution in [3.05, 3.63) is 0 Å². The maximum atomic E-state index is 12.0. The molecule has 0 saturated carbocycles. The normalized spacial score (nSPS) is 13.5. The summed E-state index contributed by atoms with van der Waals surface area (Å²) in [5.41, 5.74) is 10.4. The van der Waals surface area contributed by atoms with E-state index in [4.69, 9.17) is 26.8 Å². The molecule has 158 valence electrons. The SMILES string of the molecule is NC(=O)CC(NC(=O)CNC(=O)C(N)CCC(=O)O)C(=O)NC(CO)C(=O)O. The van der Waals surface area contributed by atoms with E-state index >= 15 is 0 Å². The Morgan fingerprint density at radius 2 is 1.54 bits per heavy atom. The summed E-state index contributed by atoms with van der Waals surface area (Å²) in [6.07, 6.45) is -1.17. The number of hydrogen-bond donors (Lipinski definition) is 8. The molecule has 14 heteroatoms. The van der Waals surface area contributed by atoms with Gasteiger partial charge in [0.2, 0.25) is 23.6 Å². The van der Waals surface area contributed by atoms with Gasteiger partial charge in [-0.2, -0.15) is 0 Å². The van der Waals surface area contributed by atoms with Gasteiger partial charge < -0.3 is 42.7 Å². The van der Waals surface area contributed by atoms with Gasteiger partial charge in [-0.15, -0.1) is 0 Å². The summed E-state index contributed by atoms with van der Waals surface area (Å²) in [7, 11) is 0. The molecule has 0 fully saturated rings. The summed E-state index contributed by atoms with van der Waals surface area (Å²) < 4.78 is 0. The number of nitrogens with one attached hydrogen (secondary N) is 3. The van der Waals surface area contributed by atoms with E-state index in [1.807, 2.05) is 5.32 Å². The molecule has 3 unspecified atom stereocenters. The van der Waals surface area contributed by atoms with Crippen LogP contribution in [-0.2, 0) is 28.8 Å². The Balaban J connectivity index is 4.74. The second kappa shape index (κ2) is 12.2. The van der Waals surface area contributed by atoms with Crippen molar-refractivity contribution in [2.24, 2.45) is 11.5 Å². The van der Waals surface area contributed by atoms with Crippen LogP contribution in [0.2, 0.25) is 0 Å². The molecule has 14 nitrogen and oxygen atoms in total. The highest BCUT2D eigenvalue weighted by Gasteiger charge is 2.27. The lowest BCUT2D eigenvalue weighted by Crippen LogP contribution is -2.55. The van der Waals surface area contributed by atoms with Gasteiger partial charge in [0.1, 0.15) is 12.1 Å². The number of carboxylic acids is 2. The maximum absolute atomic E-state index is 12.0. The molecule has 0 aliphatic heterocycles. The van der Waals surface area contributed by atoms with E-state index in [0.717, 1.165) is 0 Å². The first-order chi connectivity index (χ1) is 13.0. The molecule has 3 atom stereocenters. The fourth-order valence-corrected chi connectivity index (χ4v) is 1.82. The molecular weight excluding hydrogens is 382 g/mol. The van der Waals surface area contributed by atoms with E-state index in [2.05, 4.69) is 10.6 Å². The lowest BCUT2D eigenvalue weighted by Gasteiger charge is -2.20. The zero-order valence-electron chi connectivity index (χ0n) is 14.7. The van der Waals surface area contributed by atoms with E-state index in [0.29, 0.717) is 0 Å². The number of rotatable bonds is 13. The summed E-state index contributed by atoms with van der Waals surface area (Å²) in [5.74, 6) is -6.48. The molecule has 0 heterocycles. The minimum Gasteiger partial charge on any atom is -0.481 e. The Morgan fingerprint density at radius 1 is 0.929 bits per heavy atom. The highest BCUT2D eigenvalue weighted by molar-refractivity contribution is 5.95. The van der Waals surface area contributed by atoms with Gasteiger partial charge in [-0.3, -0.25) is 24.0 Å². The van der Waals surface area contributed by atoms with Crippen LogP contribution in [0.15, 0.2) is 0 Å². The van der Waals surface area contributed by atoms with Gasteiger partial charge in [0.15, 0.2) is 0 Å². The van der Waals surface area contributed by atoms with Crippen LogP contribution in [0, 0.1) is 0 Å². The monoisotopic (exact) mass is 405 g/mol. The van der Waals surface area contributed by atoms with Crippen molar-refractivity contribution >= 4 is 35.6 Å². The molecule has 0 bridgehead atoms. The van der Waals surface area contributed by atoms with Crippen molar-refractivity contribution in [1.29, 1.82) is 0 Å². The van der Waals surface area contributed by atoms with Crippen LogP contribution in [0.1, 0.15) is 19.3 Å². The molecule has 0 aliphatic rings. The predicted molar refractivity (Wildman–Crippen MR) is 90.2 cm³/mol. The first-order valence-corrected chi connectivity index (χ1v) is 7.94. The van der Waals surface area contributed by atoms with Crippen LogP contribution >= 0.6 is 0 Å². The third kappa shape index (κ3) is 10.0. The first-order valence-electron chi connectivity index (χ1n) is 7.94. The maximum Gasteiger partial charge on any atom is 0.328 e. The van der Waals surface area contributed by atoms with Gasteiger partial charge in [0.05, 0.1) is 25.6 Å². The van der Waals surface area contributed by atoms with Gasteiger partial charge in [0, 0.05) is 6.42 Å². The second-order valence-electron chi connectivity index (χ2n) is 5.63. The quantitative estimate of drug-likeness (QED) is 0.145. The molecule has 0 aromatic heterocycles. The highest BCUT2D eigenvalue weighted by Crippen LogP contribution is 1.96. The van der Waals surface area contributed by atoms with E-state index in [1.54, 1.807) is 0 Å². The average molecular weight is 405 g/mol. The number of carboxylic acid groups (broad SMARTS) is 2. The third-order valence-electron chi connectivity index (χ3n) is 3.28. The van der Waals surface area contributed by atoms with Gasteiger partial charge in [-0.25, -0.2) is 4.79 Å². The summed E-state index contributed by atoms with van der Waals surface area (Å²) in [6, 6.07) is -4.38. The largest absolute Gasteiger partial charge is 0.481 e. The molecule has 10 N–H and O–H groups in total. The Morgan fingerprint density at radius 3 is 2.00 bits per heavy atom. The number of aliphatic hydroxyl groups excluding tert-OH is 1. The number of amides is 4. The van der Waals surface area contributed by atoms with Crippen molar-refractivity contribution in [2.45, 2.75) is 37.4 Å². The Kier molecular flexibility index (Phi) is 10.8. The topological polar surface area (TPSA) is 251 Å². The molecule has 4 amide bonds. The molecule has 0 aromatic carbocycles. The van der Waals surface area contributed by atoms with Crippen molar-refractivity contribution in [2.75, 3.05) is 13.2 Å². The van der Waals surface area contributed by atoms with Crippen LogP contribution in [0.4, 0.5) is 0 Å². The lowest BCUT2D eigenvalue weighted by atomic mass is 10.1. The standard InChI is InChI=1S/C14H23N5O9/c15-6(1-2-11(23)24)12(25)17-4-10(22)18-7(3-9(16)21)13(26)19-8(5-20)14(27)28/h6-8,20H,1-5,15H2,(H2,16,21)(H,17,25)(H,18,22)(H,19,26)(H,23,24)(H,27,28). The Bertz CT molecular complexity index is 624. The van der Waals surface area contributed by atoms with Crippen molar-refractivity contribution in [1.82, 2.24) is 16.0 Å². The lowest BCUT2D eigenvalue weighted by molar-refractivity contribution is -0.143. The molecule has 0 aliphatic carbocycles. The molecule has 0 aromatic rings. The van der Waals surface area contributed by atoms with Crippen LogP contribution in [-0.4, -0.2) is 82.2 Å². The predicted octanol–water partition coefficient (Wildman–Crippen LogP) is -4.78. The van der Waals surface area contributed by atoms with E-state index < -0.39 is 73.3 Å². The zero-order valence-corrected chi connectivity index (χ0v) is 14.7. The number of aliphatic hydroxyl groups is 1. The number of carbonyl (C=O) groups excluding carboxylic acids is 4. The van der Waals surface area contributed by atoms with Gasteiger partial charge in [-0.05, 0) is 6.42 Å². The number of aliphatic carboxylic acids is 2. The third-order valence-corrected chi connectivity index (χ3v) is 3.28. The molecular formula is C14H23N5O9. The summed E-state index contributed by atoms with van der Waals surface area (Å²) in [4.78, 5) is 67.8. The molecule has 0 spiro atoms. The molecule has 28 heavy (non-hydrogen) atoms. The van der Waals surface area contributed by atoms with Crippen LogP contribution in [0.25, 0.3) is 0 Å². The second-order valence-corrected chi connectivity index (χ2v) is 5.63. The van der Waals surface area contributed by atoms with Crippen molar-refractivity contribution in [3.8, 4) is 0 Å². The van der Waals surface area contributed by atoms with E-state index in [9.17, 15) is 28.8 Å². The van der Waals surface area contributed by atoms with Gasteiger partial charge in [0.25, 0.3) is 0 Å². The average Bonchev–Trinajstić information content (AvgIpc) is 2.60. The number of carbonyl (C=O) groups is 6. The van der Waals surface area contributed by atoms with Crippen LogP contribution in [0.5, 0.6) is 0 Å². The smallest absolute Gasteiger partial charge is 0.328 e. The Hall–Kier alpha value is -3.26. The summed E-state index contributed by atoms with van der Waals surface area (Å²) in [6.45, 7) is -1.58. The fourth-order valence-electron chi connectivity index (χ4n) is 1.82. The van der Waals surface area contributed by atoms with Gasteiger partial charge >= 0.3 is 11.9 Å². The van der Waals surface area contributed by atoms with Crippen molar-refractivity contribution in [3.63, 3.8) is 0 Å². The zero-order chi connectivity index (χ0) is 21.9. The molecule has 0 rings (SSSR count). The number of hydrogen-bond acceptors (Lipinski definition) is 8. The fraction of sp³-hybridized carbons (Fsp3) is 0.571. The number of primary amides is 1. The van der Waals surface area contributed by atoms with E-state index in [-0.39, 0.29) is 12.8 Å². The highest BCUT2D eigenvalue weighted by atomic mass is 16.4. The van der Waals surface area contributed by atoms with Crippen LogP contribution < -0.4 is 27.4 Å². The van der Waals surface area contributed by atoms with E-state index in [1.165, 1.54) is 0 Å². The van der Waals surface area contributed by atoms with Crippen LogP contribution in [0.3, 0.4) is 0 Å². The molecule has 0 saturated heterocycles. The minimum atomic E-state index is -1.66.